The third-order valence-corrected chi connectivity index (χ3v) is 16.1. The Hall–Kier alpha value is -8.70. The van der Waals surface area contributed by atoms with Crippen LogP contribution in [0.4, 0.5) is 34.1 Å². The minimum atomic E-state index is -0.148. The van der Waals surface area contributed by atoms with Crippen LogP contribution in [0.25, 0.3) is 80.7 Å². The number of benzene rings is 11. The zero-order valence-corrected chi connectivity index (χ0v) is 40.2. The second-order valence-electron chi connectivity index (χ2n) is 19.3. The molecule has 3 nitrogen and oxygen atoms in total. The van der Waals surface area contributed by atoms with Crippen molar-refractivity contribution in [2.45, 2.75) is 19.3 Å². The lowest BCUT2D eigenvalue weighted by atomic mass is 9.82. The van der Waals surface area contributed by atoms with Crippen LogP contribution in [0.1, 0.15) is 25.0 Å². The summed E-state index contributed by atoms with van der Waals surface area (Å²) in [5.41, 5.74) is 17.6. The first-order valence-electron chi connectivity index (χ1n) is 24.5. The van der Waals surface area contributed by atoms with E-state index in [1.54, 1.807) is 0 Å². The van der Waals surface area contributed by atoms with E-state index < -0.39 is 0 Å². The van der Waals surface area contributed by atoms with Crippen LogP contribution in [0.2, 0.25) is 0 Å². The van der Waals surface area contributed by atoms with Gasteiger partial charge in [0.1, 0.15) is 0 Å². The van der Waals surface area contributed by atoms with E-state index >= 15 is 0 Å². The number of anilines is 6. The molecular formula is C67H47N3S. The van der Waals surface area contributed by atoms with Gasteiger partial charge >= 0.3 is 0 Å². The molecule has 0 aliphatic heterocycles. The molecule has 71 heavy (non-hydrogen) atoms. The molecule has 0 radical (unpaired) electrons. The molecule has 0 saturated heterocycles. The average molecular weight is 926 g/mol. The lowest BCUT2D eigenvalue weighted by molar-refractivity contribution is 0.660. The minimum Gasteiger partial charge on any atom is -0.310 e. The molecule has 13 aromatic rings. The molecule has 0 unspecified atom stereocenters. The fourth-order valence-electron chi connectivity index (χ4n) is 11.6. The van der Waals surface area contributed by atoms with Crippen LogP contribution in [0.15, 0.2) is 249 Å². The van der Waals surface area contributed by atoms with Gasteiger partial charge in [-0.05, 0) is 136 Å². The van der Waals surface area contributed by atoms with Gasteiger partial charge in [0.2, 0.25) is 0 Å². The fourth-order valence-corrected chi connectivity index (χ4v) is 12.7. The number of hydrogen-bond acceptors (Lipinski definition) is 3. The molecular weight excluding hydrogens is 879 g/mol. The zero-order valence-electron chi connectivity index (χ0n) is 39.4. The van der Waals surface area contributed by atoms with Gasteiger partial charge in [0.25, 0.3) is 0 Å². The SMILES string of the molecule is CC1(C)c2ccccc2-c2ccc(N(c3ccccc3)c3ccc(N(c4ccccc4)c4ccc5sc6ccccc6c5c4)c(-c4ccc5c(c4)c4ccccc4n5-c4cccc5ccccc45)c3)cc21. The molecule has 0 N–H and O–H groups in total. The van der Waals surface area contributed by atoms with E-state index in [1.165, 1.54) is 80.7 Å². The van der Waals surface area contributed by atoms with E-state index in [4.69, 9.17) is 0 Å². The summed E-state index contributed by atoms with van der Waals surface area (Å²) >= 11 is 1.86. The fraction of sp³-hybridized carbons (Fsp3) is 0.0448. The van der Waals surface area contributed by atoms with E-state index in [0.29, 0.717) is 0 Å². The van der Waals surface area contributed by atoms with Crippen LogP contribution in [-0.2, 0) is 5.41 Å². The number of nitrogens with zero attached hydrogens (tertiary/aromatic N) is 3. The maximum Gasteiger partial charge on any atom is 0.0541 e. The first-order valence-corrected chi connectivity index (χ1v) is 25.3. The van der Waals surface area contributed by atoms with Gasteiger partial charge in [-0.1, -0.05) is 159 Å². The standard InChI is InChI=1S/C67H47N3S/c1-67(2)59-28-14-11-25-52(59)53-36-33-50(43-60(53)67)68(46-20-5-3-6-21-46)48-34-38-63(69(47-22-7-4-8-23-47)49-35-39-66-58(42-49)55-27-13-16-31-65(55)71-66)56(41-48)45-32-37-64-57(40-45)54-26-12-15-29-62(54)70(64)61-30-17-19-44-18-9-10-24-51(44)61/h3-43H,1-2H3. The highest BCUT2D eigenvalue weighted by molar-refractivity contribution is 7.25. The van der Waals surface area contributed by atoms with Gasteiger partial charge in [0, 0.05) is 75.7 Å². The zero-order chi connectivity index (χ0) is 47.2. The summed E-state index contributed by atoms with van der Waals surface area (Å²) < 4.78 is 5.03. The Kier molecular flexibility index (Phi) is 9.42. The number of fused-ring (bicyclic) bond motifs is 10. The van der Waals surface area contributed by atoms with Crippen LogP contribution in [0.5, 0.6) is 0 Å². The first-order chi connectivity index (χ1) is 35.0. The Bertz CT molecular complexity index is 4210. The Morgan fingerprint density at radius 2 is 0.958 bits per heavy atom. The minimum absolute atomic E-state index is 0.148. The predicted octanol–water partition coefficient (Wildman–Crippen LogP) is 19.2. The lowest BCUT2D eigenvalue weighted by Gasteiger charge is -2.31. The maximum absolute atomic E-state index is 2.45. The Labute approximate surface area is 417 Å². The normalized spacial score (nSPS) is 12.8. The molecule has 11 aromatic carbocycles. The Morgan fingerprint density at radius 1 is 0.352 bits per heavy atom. The van der Waals surface area contributed by atoms with Gasteiger partial charge in [0.15, 0.2) is 0 Å². The summed E-state index contributed by atoms with van der Waals surface area (Å²) in [7, 11) is 0. The Morgan fingerprint density at radius 3 is 1.80 bits per heavy atom. The van der Waals surface area contributed by atoms with Gasteiger partial charge in [-0.15, -0.1) is 11.3 Å². The van der Waals surface area contributed by atoms with Crippen molar-refractivity contribution in [2.75, 3.05) is 9.80 Å². The van der Waals surface area contributed by atoms with Crippen molar-refractivity contribution >= 4 is 98.2 Å². The van der Waals surface area contributed by atoms with Gasteiger partial charge < -0.3 is 14.4 Å². The molecule has 0 atom stereocenters. The van der Waals surface area contributed by atoms with Crippen LogP contribution in [0.3, 0.4) is 0 Å². The summed E-state index contributed by atoms with van der Waals surface area (Å²) in [6.45, 7) is 4.73. The largest absolute Gasteiger partial charge is 0.310 e. The summed E-state index contributed by atoms with van der Waals surface area (Å²) in [5, 5.41) is 7.43. The molecule has 0 amide bonds. The summed E-state index contributed by atoms with van der Waals surface area (Å²) in [4.78, 5) is 4.89. The highest BCUT2D eigenvalue weighted by Gasteiger charge is 2.36. The number of para-hydroxylation sites is 3. The molecule has 0 saturated carbocycles. The van der Waals surface area contributed by atoms with E-state index in [1.807, 2.05) is 11.3 Å². The second-order valence-corrected chi connectivity index (χ2v) is 20.4. The van der Waals surface area contributed by atoms with E-state index in [9.17, 15) is 0 Å². The molecule has 2 aromatic heterocycles. The summed E-state index contributed by atoms with van der Waals surface area (Å²) in [5.74, 6) is 0. The van der Waals surface area contributed by atoms with E-state index in [-0.39, 0.29) is 5.41 Å². The maximum atomic E-state index is 2.45. The van der Waals surface area contributed by atoms with Crippen molar-refractivity contribution in [3.8, 4) is 27.9 Å². The van der Waals surface area contributed by atoms with Crippen molar-refractivity contribution in [3.05, 3.63) is 260 Å². The molecule has 0 fully saturated rings. The van der Waals surface area contributed by atoms with Gasteiger partial charge in [-0.25, -0.2) is 0 Å². The van der Waals surface area contributed by atoms with Crippen molar-refractivity contribution < 1.29 is 0 Å². The number of thiophene rings is 1. The molecule has 336 valence electrons. The summed E-state index contributed by atoms with van der Waals surface area (Å²) in [6, 6.07) is 91.9. The van der Waals surface area contributed by atoms with Crippen LogP contribution >= 0.6 is 11.3 Å². The Balaban J connectivity index is 1.03. The van der Waals surface area contributed by atoms with Crippen LogP contribution in [0, 0.1) is 0 Å². The van der Waals surface area contributed by atoms with E-state index in [0.717, 1.165) is 45.3 Å². The second kappa shape index (κ2) is 16.2. The van der Waals surface area contributed by atoms with E-state index in [2.05, 4.69) is 277 Å². The quantitative estimate of drug-likeness (QED) is 0.150. The lowest BCUT2D eigenvalue weighted by Crippen LogP contribution is -2.17. The highest BCUT2D eigenvalue weighted by Crippen LogP contribution is 2.52. The first kappa shape index (κ1) is 41.3. The third-order valence-electron chi connectivity index (χ3n) is 14.9. The van der Waals surface area contributed by atoms with Crippen molar-refractivity contribution in [1.29, 1.82) is 0 Å². The molecule has 2 heterocycles. The monoisotopic (exact) mass is 925 g/mol. The molecule has 14 rings (SSSR count). The van der Waals surface area contributed by atoms with Crippen LogP contribution in [-0.4, -0.2) is 4.57 Å². The third kappa shape index (κ3) is 6.56. The van der Waals surface area contributed by atoms with Crippen molar-refractivity contribution in [3.63, 3.8) is 0 Å². The molecule has 1 aliphatic rings. The topological polar surface area (TPSA) is 11.4 Å². The van der Waals surface area contributed by atoms with Gasteiger partial charge in [-0.2, -0.15) is 0 Å². The predicted molar refractivity (Wildman–Crippen MR) is 304 cm³/mol. The summed E-state index contributed by atoms with van der Waals surface area (Å²) in [6.07, 6.45) is 0. The van der Waals surface area contributed by atoms with Crippen LogP contribution < -0.4 is 9.80 Å². The number of aromatic nitrogens is 1. The van der Waals surface area contributed by atoms with Gasteiger partial charge in [-0.3, -0.25) is 0 Å². The van der Waals surface area contributed by atoms with Crippen molar-refractivity contribution in [1.82, 2.24) is 4.57 Å². The molecule has 0 spiro atoms. The average Bonchev–Trinajstić information content (AvgIpc) is 4.04. The highest BCUT2D eigenvalue weighted by atomic mass is 32.1. The smallest absolute Gasteiger partial charge is 0.0541 e. The number of rotatable bonds is 8. The molecule has 0 bridgehead atoms. The molecule has 1 aliphatic carbocycles. The van der Waals surface area contributed by atoms with Crippen molar-refractivity contribution in [2.24, 2.45) is 0 Å². The number of hydrogen-bond donors (Lipinski definition) is 0. The van der Waals surface area contributed by atoms with Gasteiger partial charge in [0.05, 0.1) is 22.4 Å². The molecule has 4 heteroatoms.